The van der Waals surface area contributed by atoms with Gasteiger partial charge in [-0.05, 0) is 121 Å². The molecular formula is C32H46F2O3. The highest BCUT2D eigenvalue weighted by atomic mass is 19.1. The Kier molecular flexibility index (Phi) is 7.28. The van der Waals surface area contributed by atoms with Crippen LogP contribution in [0.5, 0.6) is 5.75 Å². The molecule has 206 valence electrons. The molecule has 11 atom stereocenters. The van der Waals surface area contributed by atoms with Gasteiger partial charge in [-0.2, -0.15) is 0 Å². The number of hydrogen-bond acceptors (Lipinski definition) is 3. The molecule has 2 unspecified atom stereocenters. The zero-order chi connectivity index (χ0) is 26.7. The summed E-state index contributed by atoms with van der Waals surface area (Å²) in [7, 11) is 0. The molecule has 4 aliphatic rings. The SMILES string of the molecule is CC[C@H]1[C@@H](O)[C@H]2C3CC[C@H]([C@H](C)C/C=C/c4cc(F)c(O)c(F)c4)[C@@]3(C)CCC2[C@@]2(C)CC[C@@H](O)C[C@@H]12. The third-order valence-corrected chi connectivity index (χ3v) is 12.0. The molecule has 37 heavy (non-hydrogen) atoms. The van der Waals surface area contributed by atoms with Crippen LogP contribution in [0.15, 0.2) is 18.2 Å². The molecule has 0 aromatic heterocycles. The van der Waals surface area contributed by atoms with Gasteiger partial charge in [0.25, 0.3) is 0 Å². The quantitative estimate of drug-likeness (QED) is 0.384. The molecule has 4 saturated carbocycles. The second kappa shape index (κ2) is 9.93. The van der Waals surface area contributed by atoms with E-state index in [9.17, 15) is 24.1 Å². The van der Waals surface area contributed by atoms with E-state index in [0.29, 0.717) is 41.1 Å². The first-order valence-electron chi connectivity index (χ1n) is 14.7. The summed E-state index contributed by atoms with van der Waals surface area (Å²) in [5, 5.41) is 31.7. The molecule has 5 heteroatoms. The molecule has 4 fully saturated rings. The summed E-state index contributed by atoms with van der Waals surface area (Å²) in [4.78, 5) is 0. The molecule has 4 aliphatic carbocycles. The van der Waals surface area contributed by atoms with Crippen molar-refractivity contribution < 1.29 is 24.1 Å². The molecule has 5 rings (SSSR count). The first-order chi connectivity index (χ1) is 17.5. The normalized spacial score (nSPS) is 44.3. The Labute approximate surface area is 221 Å². The predicted octanol–water partition coefficient (Wildman–Crippen LogP) is 7.34. The van der Waals surface area contributed by atoms with Gasteiger partial charge < -0.3 is 15.3 Å². The van der Waals surface area contributed by atoms with Crippen LogP contribution < -0.4 is 0 Å². The van der Waals surface area contributed by atoms with E-state index in [2.05, 4.69) is 27.7 Å². The van der Waals surface area contributed by atoms with Crippen LogP contribution in [0.3, 0.4) is 0 Å². The zero-order valence-corrected chi connectivity index (χ0v) is 23.0. The van der Waals surface area contributed by atoms with Crippen LogP contribution in [-0.2, 0) is 0 Å². The van der Waals surface area contributed by atoms with Gasteiger partial charge in [0.1, 0.15) is 0 Å². The lowest BCUT2D eigenvalue weighted by atomic mass is 9.41. The molecule has 0 spiro atoms. The maximum Gasteiger partial charge on any atom is 0.187 e. The van der Waals surface area contributed by atoms with Crippen molar-refractivity contribution in [1.29, 1.82) is 0 Å². The van der Waals surface area contributed by atoms with Crippen LogP contribution in [0.2, 0.25) is 0 Å². The van der Waals surface area contributed by atoms with E-state index >= 15 is 0 Å². The van der Waals surface area contributed by atoms with Crippen molar-refractivity contribution in [3.8, 4) is 5.75 Å². The monoisotopic (exact) mass is 516 g/mol. The molecule has 0 saturated heterocycles. The van der Waals surface area contributed by atoms with Gasteiger partial charge in [-0.1, -0.05) is 46.3 Å². The third kappa shape index (κ3) is 4.36. The molecule has 0 aliphatic heterocycles. The van der Waals surface area contributed by atoms with Gasteiger partial charge >= 0.3 is 0 Å². The van der Waals surface area contributed by atoms with Crippen LogP contribution in [0, 0.1) is 63.9 Å². The minimum absolute atomic E-state index is 0.196. The molecule has 1 aromatic carbocycles. The number of benzene rings is 1. The van der Waals surface area contributed by atoms with E-state index in [1.54, 1.807) is 6.08 Å². The van der Waals surface area contributed by atoms with Gasteiger partial charge in [0, 0.05) is 0 Å². The van der Waals surface area contributed by atoms with Crippen molar-refractivity contribution in [2.45, 2.75) is 97.7 Å². The van der Waals surface area contributed by atoms with Crippen LogP contribution in [0.25, 0.3) is 6.08 Å². The Balaban J connectivity index is 1.34. The van der Waals surface area contributed by atoms with Crippen molar-refractivity contribution in [3.63, 3.8) is 0 Å². The minimum atomic E-state index is -0.935. The zero-order valence-electron chi connectivity index (χ0n) is 23.0. The number of aromatic hydroxyl groups is 1. The standard InChI is InChI=1S/C32H46F2O3/c1-5-21-25-17-20(35)11-13-32(25,4)24-12-14-31(3)22(9-10-23(31)28(24)29(21)36)18(2)7-6-8-19-15-26(33)30(37)27(34)16-19/h6,8,15-16,18,20-25,28-29,35-37H,5,7,9-14,17H2,1-4H3/b8-6+/t18-,20-,21-,22-,23?,24?,25+,28+,29-,31-,32-/m1/s1. The summed E-state index contributed by atoms with van der Waals surface area (Å²) in [6.07, 6.45) is 12.6. The largest absolute Gasteiger partial charge is 0.503 e. The highest BCUT2D eigenvalue weighted by Gasteiger charge is 2.64. The van der Waals surface area contributed by atoms with E-state index < -0.39 is 17.4 Å². The van der Waals surface area contributed by atoms with E-state index in [4.69, 9.17) is 0 Å². The second-order valence-electron chi connectivity index (χ2n) is 13.6. The van der Waals surface area contributed by atoms with E-state index in [1.165, 1.54) is 37.8 Å². The average molecular weight is 517 g/mol. The van der Waals surface area contributed by atoms with Crippen LogP contribution >= 0.6 is 0 Å². The van der Waals surface area contributed by atoms with Gasteiger partial charge in [-0.15, -0.1) is 0 Å². The highest BCUT2D eigenvalue weighted by Crippen LogP contribution is 2.69. The summed E-state index contributed by atoms with van der Waals surface area (Å²) in [6, 6.07) is 2.33. The van der Waals surface area contributed by atoms with E-state index in [-0.39, 0.29) is 29.0 Å². The Morgan fingerprint density at radius 3 is 2.30 bits per heavy atom. The summed E-state index contributed by atoms with van der Waals surface area (Å²) >= 11 is 0. The van der Waals surface area contributed by atoms with E-state index in [0.717, 1.165) is 32.1 Å². The molecular weight excluding hydrogens is 470 g/mol. The predicted molar refractivity (Wildman–Crippen MR) is 143 cm³/mol. The number of phenolic OH excluding ortho intramolecular Hbond substituents is 1. The first kappa shape index (κ1) is 27.1. The van der Waals surface area contributed by atoms with Crippen molar-refractivity contribution in [2.75, 3.05) is 0 Å². The van der Waals surface area contributed by atoms with Crippen molar-refractivity contribution in [1.82, 2.24) is 0 Å². The molecule has 3 nitrogen and oxygen atoms in total. The fourth-order valence-electron chi connectivity index (χ4n) is 10.2. The summed E-state index contributed by atoms with van der Waals surface area (Å²) in [6.45, 7) is 9.48. The second-order valence-corrected chi connectivity index (χ2v) is 13.6. The lowest BCUT2D eigenvalue weighted by Crippen LogP contribution is -2.62. The van der Waals surface area contributed by atoms with Gasteiger partial charge in [-0.3, -0.25) is 0 Å². The molecule has 0 heterocycles. The number of rotatable bonds is 5. The fourth-order valence-corrected chi connectivity index (χ4v) is 10.2. The number of hydrogen-bond donors (Lipinski definition) is 3. The van der Waals surface area contributed by atoms with Gasteiger partial charge in [0.05, 0.1) is 12.2 Å². The summed E-state index contributed by atoms with van der Waals surface area (Å²) in [5.41, 5.74) is 0.834. The Hall–Kier alpha value is -1.46. The molecule has 0 bridgehead atoms. The van der Waals surface area contributed by atoms with E-state index in [1.807, 2.05) is 6.08 Å². The molecule has 0 amide bonds. The topological polar surface area (TPSA) is 60.7 Å². The van der Waals surface area contributed by atoms with Crippen LogP contribution in [0.4, 0.5) is 8.78 Å². The molecule has 1 aromatic rings. The molecule has 3 N–H and O–H groups in total. The summed E-state index contributed by atoms with van der Waals surface area (Å²) < 4.78 is 27.4. The first-order valence-corrected chi connectivity index (χ1v) is 14.7. The van der Waals surface area contributed by atoms with Crippen molar-refractivity contribution in [3.05, 3.63) is 35.4 Å². The fraction of sp³-hybridized carbons (Fsp3) is 0.750. The highest BCUT2D eigenvalue weighted by molar-refractivity contribution is 5.51. The maximum atomic E-state index is 13.7. The number of fused-ring (bicyclic) bond motifs is 5. The third-order valence-electron chi connectivity index (χ3n) is 12.0. The number of aliphatic hydroxyl groups excluding tert-OH is 2. The summed E-state index contributed by atoms with van der Waals surface area (Å²) in [5.74, 6) is 0.290. The number of halogens is 2. The van der Waals surface area contributed by atoms with Crippen LogP contribution in [-0.4, -0.2) is 27.5 Å². The smallest absolute Gasteiger partial charge is 0.187 e. The maximum absolute atomic E-state index is 13.7. The Bertz CT molecular complexity index is 1000. The Morgan fingerprint density at radius 1 is 0.973 bits per heavy atom. The van der Waals surface area contributed by atoms with Gasteiger partial charge in [0.2, 0.25) is 0 Å². The number of aliphatic hydroxyl groups is 2. The Morgan fingerprint density at radius 2 is 1.62 bits per heavy atom. The van der Waals surface area contributed by atoms with Crippen molar-refractivity contribution >= 4 is 6.08 Å². The lowest BCUT2D eigenvalue weighted by Gasteiger charge is -2.64. The lowest BCUT2D eigenvalue weighted by molar-refractivity contribution is -0.203. The number of phenols is 1. The minimum Gasteiger partial charge on any atom is -0.503 e. The molecule has 0 radical (unpaired) electrons. The van der Waals surface area contributed by atoms with Gasteiger partial charge in [0.15, 0.2) is 17.4 Å². The van der Waals surface area contributed by atoms with Crippen molar-refractivity contribution in [2.24, 2.45) is 52.3 Å². The van der Waals surface area contributed by atoms with Gasteiger partial charge in [-0.25, -0.2) is 8.78 Å². The average Bonchev–Trinajstić information content (AvgIpc) is 3.21. The van der Waals surface area contributed by atoms with Crippen LogP contribution in [0.1, 0.15) is 91.0 Å². The number of allylic oxidation sites excluding steroid dienone is 1.